The Labute approximate surface area is 240 Å². The molecule has 0 fully saturated rings. The number of pyridine rings is 1. The summed E-state index contributed by atoms with van der Waals surface area (Å²) in [6.45, 7) is 2.76. The summed E-state index contributed by atoms with van der Waals surface area (Å²) in [4.78, 5) is 43.6. The Kier molecular flexibility index (Phi) is 7.79. The lowest BCUT2D eigenvalue weighted by Gasteiger charge is -2.22. The molecule has 5 N–H and O–H groups in total. The highest BCUT2D eigenvalue weighted by Gasteiger charge is 2.27. The number of thiophene rings is 1. The van der Waals surface area contributed by atoms with Crippen LogP contribution in [0.5, 0.6) is 5.75 Å². The van der Waals surface area contributed by atoms with Gasteiger partial charge in [0.1, 0.15) is 23.9 Å². The molecular formula is C30H27N5O5S. The number of nitrogen functional groups attached to an aromatic ring is 1. The molecule has 0 bridgehead atoms. The van der Waals surface area contributed by atoms with Gasteiger partial charge in [-0.2, -0.15) is 11.3 Å². The maximum Gasteiger partial charge on any atom is 0.357 e. The molecule has 0 saturated carbocycles. The average molecular weight is 570 g/mol. The van der Waals surface area contributed by atoms with Gasteiger partial charge in [-0.25, -0.2) is 9.78 Å². The maximum absolute atomic E-state index is 13.8. The number of esters is 1. The van der Waals surface area contributed by atoms with Crippen LogP contribution in [0.15, 0.2) is 59.3 Å². The Morgan fingerprint density at radius 3 is 2.51 bits per heavy atom. The lowest BCUT2D eigenvalue weighted by molar-refractivity contribution is 0.0594. The summed E-state index contributed by atoms with van der Waals surface area (Å²) in [6, 6.07) is 13.1. The molecule has 208 valence electrons. The molecule has 0 spiro atoms. The van der Waals surface area contributed by atoms with E-state index in [1.165, 1.54) is 13.2 Å². The number of carbonyl (C=O) groups is 3. The van der Waals surface area contributed by atoms with E-state index in [0.717, 1.165) is 23.1 Å². The molecule has 3 heterocycles. The number of anilines is 1. The van der Waals surface area contributed by atoms with Crippen LogP contribution in [0.4, 0.5) is 5.69 Å². The molecule has 2 amide bonds. The topological polar surface area (TPSA) is 156 Å². The third-order valence-electron chi connectivity index (χ3n) is 6.57. The first kappa shape index (κ1) is 27.5. The number of ether oxygens (including phenoxy) is 2. The minimum atomic E-state index is -0.755. The normalized spacial score (nSPS) is 11.5. The lowest BCUT2D eigenvalue weighted by Crippen LogP contribution is -2.26. The summed E-state index contributed by atoms with van der Waals surface area (Å²) in [7, 11) is 1.23. The zero-order valence-corrected chi connectivity index (χ0v) is 23.2. The molecule has 1 aliphatic heterocycles. The summed E-state index contributed by atoms with van der Waals surface area (Å²) in [5.74, 6) is -1.15. The Balaban J connectivity index is 1.64. The van der Waals surface area contributed by atoms with Gasteiger partial charge in [0, 0.05) is 51.2 Å². The van der Waals surface area contributed by atoms with E-state index in [-0.39, 0.29) is 22.8 Å². The molecule has 0 radical (unpaired) electrons. The number of nitrogens with two attached hydrogens (primary N) is 1. The van der Waals surface area contributed by atoms with Crippen molar-refractivity contribution in [2.24, 2.45) is 5.73 Å². The molecule has 2 aromatic carbocycles. The van der Waals surface area contributed by atoms with Crippen LogP contribution in [0.1, 0.15) is 55.8 Å². The van der Waals surface area contributed by atoms with Gasteiger partial charge in [-0.3, -0.25) is 15.0 Å². The summed E-state index contributed by atoms with van der Waals surface area (Å²) in [6.07, 6.45) is 0.741. The van der Waals surface area contributed by atoms with Crippen LogP contribution in [-0.2, 0) is 11.3 Å². The van der Waals surface area contributed by atoms with Crippen LogP contribution >= 0.6 is 11.3 Å². The number of nitrogens with zero attached hydrogens (tertiary/aromatic N) is 1. The largest absolute Gasteiger partial charge is 0.488 e. The van der Waals surface area contributed by atoms with Gasteiger partial charge in [0.25, 0.3) is 11.8 Å². The van der Waals surface area contributed by atoms with Gasteiger partial charge in [0.2, 0.25) is 0 Å². The quantitative estimate of drug-likeness (QED) is 0.134. The Hall–Kier alpha value is -5.03. The molecule has 2 aromatic heterocycles. The van der Waals surface area contributed by atoms with Crippen LogP contribution in [-0.4, -0.2) is 42.3 Å². The molecule has 41 heavy (non-hydrogen) atoms. The zero-order valence-electron chi connectivity index (χ0n) is 22.4. The molecule has 5 rings (SSSR count). The van der Waals surface area contributed by atoms with Crippen molar-refractivity contribution < 1.29 is 23.9 Å². The van der Waals surface area contributed by atoms with E-state index in [1.54, 1.807) is 53.8 Å². The third kappa shape index (κ3) is 5.52. The standard InChI is InChI=1S/C30H27N5O5S/c1-3-10-33-29(37)24-9-8-19(26(35-24)30(38)39-2)20-12-25-21(23-15-41-14-17(23)13-40-25)11-22(20)28(36)34-18-6-4-16(5-7-18)27(31)32/h4-9,11-12,14-15H,3,10,13H2,1-2H3,(H3,31,32)(H,33,37)(H,34,36). The fraction of sp³-hybridized carbons (Fsp3) is 0.167. The van der Waals surface area contributed by atoms with Crippen molar-refractivity contribution in [1.82, 2.24) is 10.3 Å². The maximum atomic E-state index is 13.8. The summed E-state index contributed by atoms with van der Waals surface area (Å²) < 4.78 is 11.0. The number of carbonyl (C=O) groups excluding carboxylic acids is 3. The number of benzene rings is 2. The second-order valence-corrected chi connectivity index (χ2v) is 10.0. The number of hydrogen-bond donors (Lipinski definition) is 4. The van der Waals surface area contributed by atoms with Gasteiger partial charge in [-0.15, -0.1) is 0 Å². The van der Waals surface area contributed by atoms with E-state index in [2.05, 4.69) is 15.6 Å². The van der Waals surface area contributed by atoms with E-state index in [0.29, 0.717) is 41.3 Å². The number of methoxy groups -OCH3 is 1. The number of rotatable bonds is 8. The van der Waals surface area contributed by atoms with Crippen molar-refractivity contribution in [3.63, 3.8) is 0 Å². The summed E-state index contributed by atoms with van der Waals surface area (Å²) in [5.41, 5.74) is 10.2. The first-order chi connectivity index (χ1) is 19.8. The van der Waals surface area contributed by atoms with E-state index in [9.17, 15) is 14.4 Å². The number of amidine groups is 1. The molecule has 1 aliphatic rings. The molecule has 11 heteroatoms. The second kappa shape index (κ2) is 11.6. The fourth-order valence-electron chi connectivity index (χ4n) is 4.46. The first-order valence-electron chi connectivity index (χ1n) is 12.8. The van der Waals surface area contributed by atoms with Crippen molar-refractivity contribution in [3.8, 4) is 28.0 Å². The van der Waals surface area contributed by atoms with Crippen molar-refractivity contribution in [2.45, 2.75) is 20.0 Å². The van der Waals surface area contributed by atoms with E-state index in [4.69, 9.17) is 20.6 Å². The van der Waals surface area contributed by atoms with Crippen LogP contribution in [0.3, 0.4) is 0 Å². The molecule has 10 nitrogen and oxygen atoms in total. The van der Waals surface area contributed by atoms with Crippen molar-refractivity contribution in [2.75, 3.05) is 19.0 Å². The summed E-state index contributed by atoms with van der Waals surface area (Å²) in [5, 5.41) is 17.2. The monoisotopic (exact) mass is 569 g/mol. The molecule has 0 atom stereocenters. The zero-order chi connectivity index (χ0) is 29.1. The van der Waals surface area contributed by atoms with Crippen molar-refractivity contribution in [3.05, 3.63) is 87.4 Å². The molecule has 0 saturated heterocycles. The number of amides is 2. The predicted octanol–water partition coefficient (Wildman–Crippen LogP) is 4.83. The van der Waals surface area contributed by atoms with Gasteiger partial charge in [0.15, 0.2) is 5.69 Å². The lowest BCUT2D eigenvalue weighted by atomic mass is 9.91. The predicted molar refractivity (Wildman–Crippen MR) is 157 cm³/mol. The third-order valence-corrected chi connectivity index (χ3v) is 7.36. The van der Waals surface area contributed by atoms with Crippen LogP contribution in [0, 0.1) is 5.41 Å². The molecule has 0 aliphatic carbocycles. The van der Waals surface area contributed by atoms with Gasteiger partial charge < -0.3 is 25.8 Å². The van der Waals surface area contributed by atoms with E-state index < -0.39 is 17.8 Å². The number of nitrogens with one attached hydrogen (secondary N) is 3. The molecule has 0 unspecified atom stereocenters. The number of aromatic nitrogens is 1. The molecular weight excluding hydrogens is 542 g/mol. The second-order valence-electron chi connectivity index (χ2n) is 9.28. The van der Waals surface area contributed by atoms with Crippen LogP contribution in [0.25, 0.3) is 22.3 Å². The fourth-order valence-corrected chi connectivity index (χ4v) is 5.31. The number of hydrogen-bond acceptors (Lipinski definition) is 8. The smallest absolute Gasteiger partial charge is 0.357 e. The van der Waals surface area contributed by atoms with E-state index >= 15 is 0 Å². The highest BCUT2D eigenvalue weighted by molar-refractivity contribution is 7.08. The SMILES string of the molecule is CCCNC(=O)c1ccc(-c2cc3c(cc2C(=O)Nc2ccc(C(=N)N)cc2)-c2cscc2CO3)c(C(=O)OC)n1. The molecule has 4 aromatic rings. The average Bonchev–Trinajstić information content (AvgIpc) is 3.48. The minimum absolute atomic E-state index is 0.0521. The summed E-state index contributed by atoms with van der Waals surface area (Å²) >= 11 is 1.54. The Morgan fingerprint density at radius 1 is 1.02 bits per heavy atom. The van der Waals surface area contributed by atoms with Gasteiger partial charge in [-0.05, 0) is 65.7 Å². The van der Waals surface area contributed by atoms with E-state index in [1.807, 2.05) is 17.7 Å². The van der Waals surface area contributed by atoms with Crippen molar-refractivity contribution in [1.29, 1.82) is 5.41 Å². The van der Waals surface area contributed by atoms with Gasteiger partial charge in [-0.1, -0.05) is 6.92 Å². The first-order valence-corrected chi connectivity index (χ1v) is 13.7. The van der Waals surface area contributed by atoms with Crippen LogP contribution in [0.2, 0.25) is 0 Å². The Morgan fingerprint density at radius 2 is 1.80 bits per heavy atom. The highest BCUT2D eigenvalue weighted by Crippen LogP contribution is 2.43. The van der Waals surface area contributed by atoms with Crippen molar-refractivity contribution >= 4 is 40.6 Å². The minimum Gasteiger partial charge on any atom is -0.488 e. The highest BCUT2D eigenvalue weighted by atomic mass is 32.1. The van der Waals surface area contributed by atoms with Crippen LogP contribution < -0.4 is 21.1 Å². The number of fused-ring (bicyclic) bond motifs is 3. The Bertz CT molecular complexity index is 1680. The van der Waals surface area contributed by atoms with Gasteiger partial charge in [0.05, 0.1) is 7.11 Å². The van der Waals surface area contributed by atoms with Gasteiger partial charge >= 0.3 is 5.97 Å².